The van der Waals surface area contributed by atoms with Crippen molar-refractivity contribution >= 4 is 28.7 Å². The van der Waals surface area contributed by atoms with Gasteiger partial charge >= 0.3 is 5.69 Å². The predicted octanol–water partition coefficient (Wildman–Crippen LogP) is 4.13. The fourth-order valence-corrected chi connectivity index (χ4v) is 3.26. The smallest absolute Gasteiger partial charge is 0.306 e. The van der Waals surface area contributed by atoms with Crippen LogP contribution in [0.2, 0.25) is 0 Å². The summed E-state index contributed by atoms with van der Waals surface area (Å²) in [5, 5.41) is 24.8. The third-order valence-corrected chi connectivity index (χ3v) is 4.96. The van der Waals surface area contributed by atoms with Crippen molar-refractivity contribution in [3.8, 4) is 0 Å². The van der Waals surface area contributed by atoms with Gasteiger partial charge in [-0.3, -0.25) is 25.0 Å². The number of carbonyl (C=O) groups is 1. The Balaban J connectivity index is 1.84. The van der Waals surface area contributed by atoms with Gasteiger partial charge in [-0.05, 0) is 43.0 Å². The average molecular weight is 402 g/mol. The highest BCUT2D eigenvalue weighted by Gasteiger charge is 2.25. The van der Waals surface area contributed by atoms with Crippen LogP contribution in [0.5, 0.6) is 0 Å². The number of nitrogens with zero attached hydrogens (tertiary/aromatic N) is 3. The SMILES string of the molecule is CC1CCN(c2ccc(C(=O)Nc3ccc(F)c([N+](=O)[O-])c3)cc2[N+](=O)[O-])CC1. The molecule has 152 valence electrons. The lowest BCUT2D eigenvalue weighted by molar-refractivity contribution is -0.387. The number of piperidine rings is 1. The molecule has 0 aliphatic carbocycles. The number of carbonyl (C=O) groups excluding carboxylic acids is 1. The molecule has 1 amide bonds. The number of anilines is 2. The molecule has 0 bridgehead atoms. The van der Waals surface area contributed by atoms with Crippen molar-refractivity contribution in [2.75, 3.05) is 23.3 Å². The molecule has 2 aromatic rings. The van der Waals surface area contributed by atoms with E-state index in [0.717, 1.165) is 25.0 Å². The highest BCUT2D eigenvalue weighted by molar-refractivity contribution is 6.05. The molecule has 1 saturated heterocycles. The monoisotopic (exact) mass is 402 g/mol. The fourth-order valence-electron chi connectivity index (χ4n) is 3.26. The quantitative estimate of drug-likeness (QED) is 0.593. The molecule has 1 heterocycles. The molecule has 1 N–H and O–H groups in total. The molecule has 0 spiro atoms. The second-order valence-corrected chi connectivity index (χ2v) is 7.01. The summed E-state index contributed by atoms with van der Waals surface area (Å²) in [5.74, 6) is -1.15. The van der Waals surface area contributed by atoms with Crippen LogP contribution in [0, 0.1) is 32.0 Å². The van der Waals surface area contributed by atoms with Gasteiger partial charge in [-0.25, -0.2) is 0 Å². The molecule has 3 rings (SSSR count). The largest absolute Gasteiger partial charge is 0.366 e. The first-order valence-corrected chi connectivity index (χ1v) is 9.05. The third-order valence-electron chi connectivity index (χ3n) is 4.96. The number of rotatable bonds is 5. The fraction of sp³-hybridized carbons (Fsp3) is 0.316. The summed E-state index contributed by atoms with van der Waals surface area (Å²) < 4.78 is 13.4. The molecule has 0 unspecified atom stereocenters. The van der Waals surface area contributed by atoms with E-state index >= 15 is 0 Å². The summed E-state index contributed by atoms with van der Waals surface area (Å²) in [6.45, 7) is 3.54. The van der Waals surface area contributed by atoms with E-state index in [1.54, 1.807) is 0 Å². The van der Waals surface area contributed by atoms with Crippen LogP contribution in [-0.4, -0.2) is 28.8 Å². The van der Waals surface area contributed by atoms with Gasteiger partial charge in [0.1, 0.15) is 5.69 Å². The Kier molecular flexibility index (Phi) is 5.71. The Morgan fingerprint density at radius 1 is 1.07 bits per heavy atom. The standard InChI is InChI=1S/C19H19FN4O5/c1-12-6-8-22(9-7-12)16-5-2-13(10-18(16)24(28)29)19(25)21-14-3-4-15(20)17(11-14)23(26)27/h2-5,10-12H,6-9H2,1H3,(H,21,25). The maximum atomic E-state index is 13.4. The molecule has 1 fully saturated rings. The first-order valence-electron chi connectivity index (χ1n) is 9.05. The summed E-state index contributed by atoms with van der Waals surface area (Å²) in [6, 6.07) is 7.13. The van der Waals surface area contributed by atoms with Crippen LogP contribution in [0.4, 0.5) is 27.1 Å². The van der Waals surface area contributed by atoms with Crippen molar-refractivity contribution in [2.45, 2.75) is 19.8 Å². The van der Waals surface area contributed by atoms with Crippen LogP contribution in [0.3, 0.4) is 0 Å². The zero-order chi connectivity index (χ0) is 21.1. The third kappa shape index (κ3) is 4.48. The van der Waals surface area contributed by atoms with Crippen LogP contribution < -0.4 is 10.2 Å². The van der Waals surface area contributed by atoms with Crippen LogP contribution in [0.25, 0.3) is 0 Å². The van der Waals surface area contributed by atoms with Gasteiger partial charge in [-0.2, -0.15) is 4.39 Å². The van der Waals surface area contributed by atoms with E-state index in [9.17, 15) is 29.4 Å². The lowest BCUT2D eigenvalue weighted by Crippen LogP contribution is -2.33. The van der Waals surface area contributed by atoms with Gasteiger partial charge in [-0.1, -0.05) is 6.92 Å². The van der Waals surface area contributed by atoms with Gasteiger partial charge in [0.15, 0.2) is 0 Å². The van der Waals surface area contributed by atoms with Gasteiger partial charge in [0.2, 0.25) is 5.82 Å². The predicted molar refractivity (Wildman–Crippen MR) is 105 cm³/mol. The van der Waals surface area contributed by atoms with Crippen molar-refractivity contribution in [3.63, 3.8) is 0 Å². The Hall–Kier alpha value is -3.56. The zero-order valence-electron chi connectivity index (χ0n) is 15.6. The van der Waals surface area contributed by atoms with E-state index in [1.807, 2.05) is 4.90 Å². The Labute approximate surface area is 165 Å². The molecular weight excluding hydrogens is 383 g/mol. The number of nitro groups is 2. The number of benzene rings is 2. The molecule has 0 aromatic heterocycles. The van der Waals surface area contributed by atoms with Crippen molar-refractivity contribution in [2.24, 2.45) is 5.92 Å². The molecule has 0 atom stereocenters. The van der Waals surface area contributed by atoms with Gasteiger partial charge < -0.3 is 10.2 Å². The van der Waals surface area contributed by atoms with Gasteiger partial charge in [0.05, 0.1) is 9.85 Å². The molecule has 0 saturated carbocycles. The number of halogens is 1. The van der Waals surface area contributed by atoms with Gasteiger partial charge in [0, 0.05) is 36.5 Å². The summed E-state index contributed by atoms with van der Waals surface area (Å²) in [7, 11) is 0. The first-order chi connectivity index (χ1) is 13.8. The van der Waals surface area contributed by atoms with Crippen LogP contribution in [0.1, 0.15) is 30.1 Å². The highest BCUT2D eigenvalue weighted by atomic mass is 19.1. The van der Waals surface area contributed by atoms with Crippen molar-refractivity contribution in [3.05, 3.63) is 68.0 Å². The maximum absolute atomic E-state index is 13.4. The molecule has 0 radical (unpaired) electrons. The minimum atomic E-state index is -1.02. The summed E-state index contributed by atoms with van der Waals surface area (Å²) in [4.78, 5) is 35.4. The minimum absolute atomic E-state index is 0.0137. The molecular formula is C19H19FN4O5. The summed E-state index contributed by atoms with van der Waals surface area (Å²) >= 11 is 0. The number of nitro benzene ring substituents is 2. The molecule has 1 aliphatic rings. The highest BCUT2D eigenvalue weighted by Crippen LogP contribution is 2.32. The van der Waals surface area contributed by atoms with E-state index in [-0.39, 0.29) is 16.9 Å². The minimum Gasteiger partial charge on any atom is -0.366 e. The van der Waals surface area contributed by atoms with Crippen molar-refractivity contribution in [1.29, 1.82) is 0 Å². The normalized spacial score (nSPS) is 14.5. The molecule has 29 heavy (non-hydrogen) atoms. The lowest BCUT2D eigenvalue weighted by atomic mass is 9.98. The van der Waals surface area contributed by atoms with E-state index in [4.69, 9.17) is 0 Å². The number of nitrogens with one attached hydrogen (secondary N) is 1. The van der Waals surface area contributed by atoms with Crippen LogP contribution in [0.15, 0.2) is 36.4 Å². The van der Waals surface area contributed by atoms with E-state index in [0.29, 0.717) is 24.7 Å². The Morgan fingerprint density at radius 3 is 2.34 bits per heavy atom. The molecule has 1 aliphatic heterocycles. The lowest BCUT2D eigenvalue weighted by Gasteiger charge is -2.31. The van der Waals surface area contributed by atoms with E-state index in [1.165, 1.54) is 24.3 Å². The first kappa shape index (κ1) is 20.2. The molecule has 2 aromatic carbocycles. The Morgan fingerprint density at radius 2 is 1.72 bits per heavy atom. The zero-order valence-corrected chi connectivity index (χ0v) is 15.6. The summed E-state index contributed by atoms with van der Waals surface area (Å²) in [5.41, 5.74) is -0.464. The van der Waals surface area contributed by atoms with Gasteiger partial charge in [0.25, 0.3) is 11.6 Å². The second kappa shape index (κ2) is 8.21. The number of hydrogen-bond acceptors (Lipinski definition) is 6. The Bertz CT molecular complexity index is 973. The maximum Gasteiger partial charge on any atom is 0.306 e. The van der Waals surface area contributed by atoms with Crippen LogP contribution >= 0.6 is 0 Å². The molecule has 9 nitrogen and oxygen atoms in total. The topological polar surface area (TPSA) is 119 Å². The number of amides is 1. The van der Waals surface area contributed by atoms with E-state index in [2.05, 4.69) is 12.2 Å². The van der Waals surface area contributed by atoms with Crippen molar-refractivity contribution in [1.82, 2.24) is 0 Å². The van der Waals surface area contributed by atoms with Crippen molar-refractivity contribution < 1.29 is 19.0 Å². The molecule has 10 heteroatoms. The van der Waals surface area contributed by atoms with Crippen LogP contribution in [-0.2, 0) is 0 Å². The number of hydrogen-bond donors (Lipinski definition) is 1. The summed E-state index contributed by atoms with van der Waals surface area (Å²) in [6.07, 6.45) is 1.87. The average Bonchev–Trinajstić information content (AvgIpc) is 2.69. The van der Waals surface area contributed by atoms with E-state index < -0.39 is 27.3 Å². The van der Waals surface area contributed by atoms with Gasteiger partial charge in [-0.15, -0.1) is 0 Å². The second-order valence-electron chi connectivity index (χ2n) is 7.01.